The van der Waals surface area contributed by atoms with Crippen molar-refractivity contribution in [2.24, 2.45) is 0 Å². The van der Waals surface area contributed by atoms with E-state index >= 15 is 0 Å². The smallest absolute Gasteiger partial charge is 0.119 e. The Balaban J connectivity index is 2.02. The van der Waals surface area contributed by atoms with Crippen molar-refractivity contribution >= 4 is 15.9 Å². The molecule has 1 aliphatic heterocycles. The fourth-order valence-electron chi connectivity index (χ4n) is 2.28. The maximum absolute atomic E-state index is 5.24. The molecule has 88 valence electrons. The highest BCUT2D eigenvalue weighted by atomic mass is 79.9. The molecule has 0 bridgehead atoms. The summed E-state index contributed by atoms with van der Waals surface area (Å²) < 4.78 is 5.24. The summed E-state index contributed by atoms with van der Waals surface area (Å²) >= 11 is 3.59. The first-order chi connectivity index (χ1) is 7.83. The van der Waals surface area contributed by atoms with Crippen LogP contribution in [-0.2, 0) is 6.54 Å². The van der Waals surface area contributed by atoms with Crippen LogP contribution in [0.4, 0.5) is 0 Å². The molecule has 2 rings (SSSR count). The van der Waals surface area contributed by atoms with Gasteiger partial charge in [0.25, 0.3) is 0 Å². The van der Waals surface area contributed by atoms with Crippen LogP contribution in [0.5, 0.6) is 5.75 Å². The predicted octanol–water partition coefficient (Wildman–Crippen LogP) is 3.05. The third-order valence-corrected chi connectivity index (χ3v) is 3.94. The highest BCUT2D eigenvalue weighted by Crippen LogP contribution is 2.22. The van der Waals surface area contributed by atoms with Crippen molar-refractivity contribution in [3.63, 3.8) is 0 Å². The van der Waals surface area contributed by atoms with E-state index in [1.165, 1.54) is 24.9 Å². The molecule has 0 amide bonds. The number of nitrogens with zero attached hydrogens (tertiary/aromatic N) is 1. The summed E-state index contributed by atoms with van der Waals surface area (Å²) in [6, 6.07) is 9.06. The molecule has 1 atom stereocenters. The van der Waals surface area contributed by atoms with Gasteiger partial charge in [-0.3, -0.25) is 4.90 Å². The van der Waals surface area contributed by atoms with Crippen LogP contribution in [0.2, 0.25) is 0 Å². The van der Waals surface area contributed by atoms with Gasteiger partial charge in [0.2, 0.25) is 0 Å². The Labute approximate surface area is 106 Å². The fourth-order valence-corrected chi connectivity index (χ4v) is 3.02. The molecule has 1 saturated heterocycles. The lowest BCUT2D eigenvalue weighted by atomic mass is 10.2. The van der Waals surface area contributed by atoms with E-state index in [2.05, 4.69) is 39.0 Å². The van der Waals surface area contributed by atoms with Gasteiger partial charge in [0.05, 0.1) is 7.11 Å². The average molecular weight is 284 g/mol. The largest absolute Gasteiger partial charge is 0.497 e. The minimum atomic E-state index is 0.700. The van der Waals surface area contributed by atoms with E-state index in [1.807, 2.05) is 6.07 Å². The first-order valence-corrected chi connectivity index (χ1v) is 6.88. The summed E-state index contributed by atoms with van der Waals surface area (Å²) in [7, 11) is 1.72. The van der Waals surface area contributed by atoms with Crippen LogP contribution in [-0.4, -0.2) is 29.9 Å². The highest BCUT2D eigenvalue weighted by Gasteiger charge is 2.23. The summed E-state index contributed by atoms with van der Waals surface area (Å²) in [4.78, 5) is 2.55. The van der Waals surface area contributed by atoms with Crippen molar-refractivity contribution in [3.8, 4) is 5.75 Å². The Morgan fingerprint density at radius 2 is 2.38 bits per heavy atom. The van der Waals surface area contributed by atoms with E-state index < -0.39 is 0 Å². The molecule has 0 radical (unpaired) electrons. The number of rotatable bonds is 4. The first-order valence-electron chi connectivity index (χ1n) is 5.76. The van der Waals surface area contributed by atoms with E-state index in [0.29, 0.717) is 6.04 Å². The zero-order chi connectivity index (χ0) is 11.4. The Kier molecular flexibility index (Phi) is 4.24. The van der Waals surface area contributed by atoms with Crippen LogP contribution in [0.1, 0.15) is 18.4 Å². The molecule has 0 saturated carbocycles. The molecule has 0 spiro atoms. The number of ether oxygens (including phenoxy) is 1. The third kappa shape index (κ3) is 2.77. The van der Waals surface area contributed by atoms with Crippen molar-refractivity contribution in [2.45, 2.75) is 25.4 Å². The zero-order valence-electron chi connectivity index (χ0n) is 9.66. The molecule has 16 heavy (non-hydrogen) atoms. The lowest BCUT2D eigenvalue weighted by molar-refractivity contribution is 0.264. The standard InChI is InChI=1S/C13H18BrNO/c1-16-13-6-2-4-11(8-13)10-15-7-3-5-12(15)9-14/h2,4,6,8,12H,3,5,7,9-10H2,1H3. The van der Waals surface area contributed by atoms with Crippen LogP contribution in [0.3, 0.4) is 0 Å². The summed E-state index contributed by atoms with van der Waals surface area (Å²) in [5.41, 5.74) is 1.34. The number of hydrogen-bond acceptors (Lipinski definition) is 2. The van der Waals surface area contributed by atoms with Gasteiger partial charge in [0.15, 0.2) is 0 Å². The van der Waals surface area contributed by atoms with Crippen molar-refractivity contribution in [1.82, 2.24) is 4.90 Å². The molecule has 1 aromatic carbocycles. The molecule has 0 aliphatic carbocycles. The summed E-state index contributed by atoms with van der Waals surface area (Å²) in [6.45, 7) is 2.25. The van der Waals surface area contributed by atoms with Gasteiger partial charge in [0, 0.05) is 17.9 Å². The topological polar surface area (TPSA) is 12.5 Å². The lowest BCUT2D eigenvalue weighted by Crippen LogP contribution is -2.29. The van der Waals surface area contributed by atoms with Gasteiger partial charge in [-0.15, -0.1) is 0 Å². The van der Waals surface area contributed by atoms with Crippen molar-refractivity contribution in [2.75, 3.05) is 19.0 Å². The fraction of sp³-hybridized carbons (Fsp3) is 0.538. The molecule has 1 unspecified atom stereocenters. The monoisotopic (exact) mass is 283 g/mol. The summed E-state index contributed by atoms with van der Waals surface area (Å²) in [5, 5.41) is 1.08. The normalized spacial score (nSPS) is 21.2. The van der Waals surface area contributed by atoms with E-state index in [1.54, 1.807) is 7.11 Å². The zero-order valence-corrected chi connectivity index (χ0v) is 11.2. The number of likely N-dealkylation sites (tertiary alicyclic amines) is 1. The Morgan fingerprint density at radius 3 is 3.12 bits per heavy atom. The highest BCUT2D eigenvalue weighted by molar-refractivity contribution is 9.09. The van der Waals surface area contributed by atoms with Crippen molar-refractivity contribution < 1.29 is 4.74 Å². The maximum atomic E-state index is 5.24. The second kappa shape index (κ2) is 5.69. The average Bonchev–Trinajstić information content (AvgIpc) is 2.76. The molecule has 1 aromatic rings. The minimum absolute atomic E-state index is 0.700. The quantitative estimate of drug-likeness (QED) is 0.788. The van der Waals surface area contributed by atoms with Gasteiger partial charge in [-0.2, -0.15) is 0 Å². The SMILES string of the molecule is COc1cccc(CN2CCCC2CBr)c1. The van der Waals surface area contributed by atoms with Crippen LogP contribution >= 0.6 is 15.9 Å². The number of methoxy groups -OCH3 is 1. The van der Waals surface area contributed by atoms with Crippen LogP contribution in [0.15, 0.2) is 24.3 Å². The van der Waals surface area contributed by atoms with Gasteiger partial charge in [-0.05, 0) is 37.1 Å². The Morgan fingerprint density at radius 1 is 1.50 bits per heavy atom. The van der Waals surface area contributed by atoms with Crippen molar-refractivity contribution in [1.29, 1.82) is 0 Å². The number of alkyl halides is 1. The number of halogens is 1. The van der Waals surface area contributed by atoms with Crippen LogP contribution in [0, 0.1) is 0 Å². The molecule has 1 aliphatic rings. The van der Waals surface area contributed by atoms with Gasteiger partial charge >= 0.3 is 0 Å². The molecular weight excluding hydrogens is 266 g/mol. The molecular formula is C13H18BrNO. The second-order valence-corrected chi connectivity index (χ2v) is 4.92. The van der Waals surface area contributed by atoms with E-state index in [-0.39, 0.29) is 0 Å². The molecule has 0 N–H and O–H groups in total. The molecule has 3 heteroatoms. The molecule has 0 aromatic heterocycles. The molecule has 1 heterocycles. The number of benzene rings is 1. The predicted molar refractivity (Wildman–Crippen MR) is 70.2 cm³/mol. The maximum Gasteiger partial charge on any atom is 0.119 e. The first kappa shape index (κ1) is 11.9. The van der Waals surface area contributed by atoms with Crippen LogP contribution in [0.25, 0.3) is 0 Å². The van der Waals surface area contributed by atoms with E-state index in [0.717, 1.165) is 17.6 Å². The molecule has 2 nitrogen and oxygen atoms in total. The van der Waals surface area contributed by atoms with E-state index in [9.17, 15) is 0 Å². The van der Waals surface area contributed by atoms with Crippen LogP contribution < -0.4 is 4.74 Å². The van der Waals surface area contributed by atoms with Gasteiger partial charge in [-0.1, -0.05) is 28.1 Å². The van der Waals surface area contributed by atoms with E-state index in [4.69, 9.17) is 4.74 Å². The Hall–Kier alpha value is -0.540. The Bertz CT molecular complexity index is 342. The summed E-state index contributed by atoms with van der Waals surface area (Å²) in [6.07, 6.45) is 2.63. The lowest BCUT2D eigenvalue weighted by Gasteiger charge is -2.22. The summed E-state index contributed by atoms with van der Waals surface area (Å²) in [5.74, 6) is 0.951. The third-order valence-electron chi connectivity index (χ3n) is 3.20. The number of hydrogen-bond donors (Lipinski definition) is 0. The second-order valence-electron chi connectivity index (χ2n) is 4.27. The van der Waals surface area contributed by atoms with Gasteiger partial charge in [-0.25, -0.2) is 0 Å². The van der Waals surface area contributed by atoms with Crippen molar-refractivity contribution in [3.05, 3.63) is 29.8 Å². The minimum Gasteiger partial charge on any atom is -0.497 e. The van der Waals surface area contributed by atoms with Gasteiger partial charge < -0.3 is 4.74 Å². The van der Waals surface area contributed by atoms with Gasteiger partial charge in [0.1, 0.15) is 5.75 Å². The molecule has 1 fully saturated rings.